The zero-order valence-corrected chi connectivity index (χ0v) is 16.5. The van der Waals surface area contributed by atoms with Crippen LogP contribution >= 0.6 is 23.2 Å². The normalized spacial score (nSPS) is 10.8. The molecule has 3 N–H and O–H groups in total. The minimum absolute atomic E-state index is 0.0293. The minimum atomic E-state index is -0.152. The highest BCUT2D eigenvalue weighted by Crippen LogP contribution is 2.32. The maximum atomic E-state index is 12.5. The minimum Gasteiger partial charge on any atom is -0.328 e. The van der Waals surface area contributed by atoms with Gasteiger partial charge < -0.3 is 10.6 Å². The fourth-order valence-electron chi connectivity index (χ4n) is 2.97. The number of halogens is 2. The van der Waals surface area contributed by atoms with Crippen LogP contribution in [0.3, 0.4) is 0 Å². The van der Waals surface area contributed by atoms with E-state index in [0.29, 0.717) is 15.7 Å². The number of aryl methyl sites for hydroxylation is 1. The summed E-state index contributed by atoms with van der Waals surface area (Å²) >= 11 is 12.5. The molecule has 0 saturated heterocycles. The standard InChI is InChI=1S/C22H20Cl2N2O/c1-15-12-13-18(23)22(20(15)24)26-19(27)14-25-21(16-8-4-2-5-9-16)17-10-6-3-7-11-17/h2-13,21,25H,14H2,1H3,(H,26,27)/p+1. The summed E-state index contributed by atoms with van der Waals surface area (Å²) in [7, 11) is 0. The maximum absolute atomic E-state index is 12.5. The molecule has 0 fully saturated rings. The number of hydrogen-bond acceptors (Lipinski definition) is 1. The van der Waals surface area contributed by atoms with Gasteiger partial charge in [0.2, 0.25) is 0 Å². The molecule has 3 rings (SSSR count). The third-order valence-corrected chi connectivity index (χ3v) is 5.21. The van der Waals surface area contributed by atoms with E-state index in [1.807, 2.05) is 54.7 Å². The first-order chi connectivity index (χ1) is 13.1. The summed E-state index contributed by atoms with van der Waals surface area (Å²) in [6, 6.07) is 23.9. The summed E-state index contributed by atoms with van der Waals surface area (Å²) < 4.78 is 0. The summed E-state index contributed by atoms with van der Waals surface area (Å²) in [4.78, 5) is 12.5. The van der Waals surface area contributed by atoms with Gasteiger partial charge in [-0.05, 0) is 18.6 Å². The zero-order valence-electron chi connectivity index (χ0n) is 15.0. The van der Waals surface area contributed by atoms with Crippen molar-refractivity contribution in [2.75, 3.05) is 11.9 Å². The Balaban J connectivity index is 1.74. The molecule has 0 bridgehead atoms. The second kappa shape index (κ2) is 9.05. The van der Waals surface area contributed by atoms with Crippen molar-refractivity contribution in [1.29, 1.82) is 0 Å². The third kappa shape index (κ3) is 4.89. The Morgan fingerprint density at radius 3 is 2.04 bits per heavy atom. The Bertz CT molecular complexity index is 875. The topological polar surface area (TPSA) is 45.7 Å². The van der Waals surface area contributed by atoms with E-state index in [0.717, 1.165) is 16.7 Å². The van der Waals surface area contributed by atoms with Crippen molar-refractivity contribution < 1.29 is 10.1 Å². The third-order valence-electron chi connectivity index (χ3n) is 4.40. The van der Waals surface area contributed by atoms with Gasteiger partial charge in [0.15, 0.2) is 6.54 Å². The summed E-state index contributed by atoms with van der Waals surface area (Å²) in [5.74, 6) is -0.152. The molecule has 0 radical (unpaired) electrons. The molecule has 3 aromatic carbocycles. The lowest BCUT2D eigenvalue weighted by Crippen LogP contribution is -2.87. The lowest BCUT2D eigenvalue weighted by Gasteiger charge is -2.17. The molecule has 0 atom stereocenters. The van der Waals surface area contributed by atoms with Gasteiger partial charge in [0, 0.05) is 11.1 Å². The Kier molecular flexibility index (Phi) is 6.51. The molecule has 0 aliphatic heterocycles. The number of anilines is 1. The fraction of sp³-hybridized carbons (Fsp3) is 0.136. The van der Waals surface area contributed by atoms with E-state index in [1.165, 1.54) is 0 Å². The van der Waals surface area contributed by atoms with E-state index in [1.54, 1.807) is 6.07 Å². The number of carbonyl (C=O) groups excluding carboxylic acids is 1. The van der Waals surface area contributed by atoms with Gasteiger partial charge in [0.05, 0.1) is 15.7 Å². The molecule has 5 heteroatoms. The number of benzene rings is 3. The van der Waals surface area contributed by atoms with Crippen LogP contribution in [0.15, 0.2) is 72.8 Å². The second-order valence-corrected chi connectivity index (χ2v) is 7.13. The van der Waals surface area contributed by atoms with Crippen molar-refractivity contribution in [3.63, 3.8) is 0 Å². The Hall–Kier alpha value is -2.33. The van der Waals surface area contributed by atoms with Gasteiger partial charge in [-0.1, -0.05) is 89.9 Å². The smallest absolute Gasteiger partial charge is 0.279 e. The van der Waals surface area contributed by atoms with Crippen LogP contribution < -0.4 is 10.6 Å². The van der Waals surface area contributed by atoms with E-state index >= 15 is 0 Å². The molecule has 0 saturated carbocycles. The molecule has 3 aromatic rings. The van der Waals surface area contributed by atoms with Gasteiger partial charge in [-0.15, -0.1) is 0 Å². The number of rotatable bonds is 6. The average Bonchev–Trinajstić information content (AvgIpc) is 2.70. The molecule has 0 aromatic heterocycles. The molecular weight excluding hydrogens is 379 g/mol. The lowest BCUT2D eigenvalue weighted by atomic mass is 9.99. The largest absolute Gasteiger partial charge is 0.328 e. The van der Waals surface area contributed by atoms with Gasteiger partial charge in [-0.25, -0.2) is 0 Å². The predicted octanol–water partition coefficient (Wildman–Crippen LogP) is 4.59. The van der Waals surface area contributed by atoms with Gasteiger partial charge in [0.1, 0.15) is 6.04 Å². The summed E-state index contributed by atoms with van der Waals surface area (Å²) in [6.07, 6.45) is 0. The first-order valence-electron chi connectivity index (χ1n) is 8.74. The van der Waals surface area contributed by atoms with Crippen LogP contribution in [0, 0.1) is 6.92 Å². The number of hydrogen-bond donors (Lipinski definition) is 2. The van der Waals surface area contributed by atoms with E-state index in [2.05, 4.69) is 29.6 Å². The maximum Gasteiger partial charge on any atom is 0.279 e. The number of nitrogens with two attached hydrogens (primary N) is 1. The second-order valence-electron chi connectivity index (χ2n) is 6.34. The van der Waals surface area contributed by atoms with E-state index < -0.39 is 0 Å². The SMILES string of the molecule is Cc1ccc(Cl)c(NC(=O)C[NH2+]C(c2ccccc2)c2ccccc2)c1Cl. The summed E-state index contributed by atoms with van der Waals surface area (Å²) in [5, 5.41) is 5.76. The van der Waals surface area contributed by atoms with E-state index in [9.17, 15) is 4.79 Å². The molecule has 0 heterocycles. The predicted molar refractivity (Wildman–Crippen MR) is 111 cm³/mol. The number of nitrogens with one attached hydrogen (secondary N) is 1. The molecule has 27 heavy (non-hydrogen) atoms. The lowest BCUT2D eigenvalue weighted by molar-refractivity contribution is -0.676. The first-order valence-corrected chi connectivity index (χ1v) is 9.49. The van der Waals surface area contributed by atoms with Crippen molar-refractivity contribution in [3.8, 4) is 0 Å². The monoisotopic (exact) mass is 399 g/mol. The molecule has 0 unspecified atom stereocenters. The van der Waals surface area contributed by atoms with Gasteiger partial charge in [0.25, 0.3) is 5.91 Å². The van der Waals surface area contributed by atoms with Crippen LogP contribution in [-0.2, 0) is 4.79 Å². The van der Waals surface area contributed by atoms with Crippen LogP contribution in [0.1, 0.15) is 22.7 Å². The van der Waals surface area contributed by atoms with Gasteiger partial charge in [-0.2, -0.15) is 0 Å². The van der Waals surface area contributed by atoms with Crippen molar-refractivity contribution in [2.24, 2.45) is 0 Å². The van der Waals surface area contributed by atoms with Gasteiger partial charge in [-0.3, -0.25) is 4.79 Å². The van der Waals surface area contributed by atoms with Crippen molar-refractivity contribution in [1.82, 2.24) is 0 Å². The van der Waals surface area contributed by atoms with Crippen LogP contribution in [0.2, 0.25) is 10.0 Å². The number of carbonyl (C=O) groups is 1. The Morgan fingerprint density at radius 1 is 0.926 bits per heavy atom. The average molecular weight is 400 g/mol. The van der Waals surface area contributed by atoms with Crippen LogP contribution in [0.5, 0.6) is 0 Å². The molecular formula is C22H21Cl2N2O+. The molecule has 138 valence electrons. The molecule has 3 nitrogen and oxygen atoms in total. The van der Waals surface area contributed by atoms with Crippen molar-refractivity contribution in [3.05, 3.63) is 99.5 Å². The van der Waals surface area contributed by atoms with Gasteiger partial charge >= 0.3 is 0 Å². The highest BCUT2D eigenvalue weighted by atomic mass is 35.5. The quantitative estimate of drug-likeness (QED) is 0.625. The zero-order chi connectivity index (χ0) is 19.2. The first kappa shape index (κ1) is 19.4. The van der Waals surface area contributed by atoms with Crippen LogP contribution in [-0.4, -0.2) is 12.5 Å². The molecule has 1 amide bonds. The van der Waals surface area contributed by atoms with E-state index in [-0.39, 0.29) is 18.5 Å². The van der Waals surface area contributed by atoms with E-state index in [4.69, 9.17) is 23.2 Å². The van der Waals surface area contributed by atoms with Crippen molar-refractivity contribution >= 4 is 34.8 Å². The summed E-state index contributed by atoms with van der Waals surface area (Å²) in [5.41, 5.74) is 3.62. The highest BCUT2D eigenvalue weighted by molar-refractivity contribution is 6.40. The van der Waals surface area contributed by atoms with Crippen LogP contribution in [0.25, 0.3) is 0 Å². The van der Waals surface area contributed by atoms with Crippen LogP contribution in [0.4, 0.5) is 5.69 Å². The number of amides is 1. The Morgan fingerprint density at radius 2 is 1.48 bits per heavy atom. The fourth-order valence-corrected chi connectivity index (χ4v) is 3.44. The molecule has 0 aliphatic carbocycles. The van der Waals surface area contributed by atoms with Crippen molar-refractivity contribution in [2.45, 2.75) is 13.0 Å². The number of quaternary nitrogens is 1. The highest BCUT2D eigenvalue weighted by Gasteiger charge is 2.19. The molecule has 0 aliphatic rings. The Labute approximate surface area is 169 Å². The summed E-state index contributed by atoms with van der Waals surface area (Å²) in [6.45, 7) is 2.12. The molecule has 0 spiro atoms.